The summed E-state index contributed by atoms with van der Waals surface area (Å²) >= 11 is 0. The molecule has 2 aromatic rings. The van der Waals surface area contributed by atoms with Gasteiger partial charge in [-0.05, 0) is 58.1 Å². The van der Waals surface area contributed by atoms with E-state index in [0.717, 1.165) is 11.1 Å². The summed E-state index contributed by atoms with van der Waals surface area (Å²) in [5.74, 6) is -2.66. The van der Waals surface area contributed by atoms with Gasteiger partial charge >= 0.3 is 6.09 Å². The fourth-order valence-electron chi connectivity index (χ4n) is 4.40. The lowest BCUT2D eigenvalue weighted by Gasteiger charge is -2.27. The summed E-state index contributed by atoms with van der Waals surface area (Å²) in [6.07, 6.45) is -1.86. The number of nitrogens with two attached hydrogens (primary N) is 1. The Kier molecular flexibility index (Phi) is 17.1. The number of benzene rings is 2. The number of aliphatic hydroxyl groups is 1. The highest BCUT2D eigenvalue weighted by molar-refractivity contribution is 5.91. The number of nitrogens with zero attached hydrogens (tertiary/aromatic N) is 2. The first-order valence-electron chi connectivity index (χ1n) is 16.1. The third-order valence-electron chi connectivity index (χ3n) is 6.85. The second kappa shape index (κ2) is 20.9. The average molecular weight is 701 g/mol. The summed E-state index contributed by atoms with van der Waals surface area (Å²) in [5.41, 5.74) is 8.13. The third-order valence-corrected chi connectivity index (χ3v) is 6.85. The first-order valence-corrected chi connectivity index (χ1v) is 16.1. The second-order valence-electron chi connectivity index (χ2n) is 12.3. The molecule has 0 aromatic heterocycles. The number of rotatable bonds is 19. The molecule has 0 fully saturated rings. The molecule has 4 atom stereocenters. The van der Waals surface area contributed by atoms with Gasteiger partial charge in [0.25, 0.3) is 11.9 Å². The van der Waals surface area contributed by atoms with Crippen LogP contribution in [0, 0.1) is 10.1 Å². The highest BCUT2D eigenvalue weighted by Crippen LogP contribution is 2.09. The molecule has 0 aliphatic heterocycles. The van der Waals surface area contributed by atoms with Crippen LogP contribution in [0.2, 0.25) is 0 Å². The van der Waals surface area contributed by atoms with Gasteiger partial charge in [0.1, 0.15) is 17.7 Å². The molecule has 0 aliphatic carbocycles. The van der Waals surface area contributed by atoms with E-state index in [0.29, 0.717) is 6.42 Å². The van der Waals surface area contributed by atoms with Crippen LogP contribution in [0.3, 0.4) is 0 Å². The molecule has 2 aromatic carbocycles. The van der Waals surface area contributed by atoms with Crippen LogP contribution in [0.1, 0.15) is 51.7 Å². The van der Waals surface area contributed by atoms with Crippen LogP contribution in [-0.4, -0.2) is 89.4 Å². The van der Waals surface area contributed by atoms with Gasteiger partial charge in [-0.15, -0.1) is 0 Å². The molecule has 0 saturated carbocycles. The van der Waals surface area contributed by atoms with Gasteiger partial charge in [-0.25, -0.2) is 19.9 Å². The Balaban J connectivity index is 2.08. The minimum absolute atomic E-state index is 0.0189. The maximum Gasteiger partial charge on any atom is 0.408 e. The molecule has 0 bridgehead atoms. The Bertz CT molecular complexity index is 1420. The number of amides is 4. The molecule has 8 N–H and O–H groups in total. The van der Waals surface area contributed by atoms with Crippen molar-refractivity contribution in [1.82, 2.24) is 26.7 Å². The van der Waals surface area contributed by atoms with E-state index in [1.54, 1.807) is 26.2 Å². The first-order chi connectivity index (χ1) is 23.6. The number of carbonyl (C=O) groups is 4. The number of carbonyl (C=O) groups excluding carboxylic acids is 4. The zero-order valence-corrected chi connectivity index (χ0v) is 28.7. The van der Waals surface area contributed by atoms with Crippen molar-refractivity contribution < 1.29 is 38.8 Å². The maximum atomic E-state index is 13.3. The molecule has 0 radical (unpaired) electrons. The molecule has 2 rings (SSSR count). The van der Waals surface area contributed by atoms with Gasteiger partial charge in [0.2, 0.25) is 11.8 Å². The van der Waals surface area contributed by atoms with Gasteiger partial charge in [-0.2, -0.15) is 0 Å². The number of alkyl carbamates (subject to hydrolysis) is 1. The normalized spacial score (nSPS) is 13.9. The predicted octanol–water partition coefficient (Wildman–Crippen LogP) is 0.682. The molecule has 274 valence electrons. The summed E-state index contributed by atoms with van der Waals surface area (Å²) in [4.78, 5) is 66.3. The van der Waals surface area contributed by atoms with Crippen LogP contribution in [0.25, 0.3) is 0 Å². The molecule has 4 amide bonds. The number of ether oxygens (including phenoxy) is 2. The summed E-state index contributed by atoms with van der Waals surface area (Å²) in [6.45, 7) is 6.50. The fourth-order valence-corrected chi connectivity index (χ4v) is 4.40. The van der Waals surface area contributed by atoms with Gasteiger partial charge < -0.3 is 41.6 Å². The van der Waals surface area contributed by atoms with E-state index in [1.807, 2.05) is 60.7 Å². The Morgan fingerprint density at radius 3 is 2.16 bits per heavy atom. The summed E-state index contributed by atoms with van der Waals surface area (Å²) in [7, 11) is 0. The molecule has 0 aliphatic rings. The molecule has 0 spiro atoms. The van der Waals surface area contributed by atoms with Gasteiger partial charge in [0.05, 0.1) is 19.3 Å². The molecule has 0 saturated heterocycles. The van der Waals surface area contributed by atoms with Gasteiger partial charge in [-0.3, -0.25) is 14.4 Å². The Morgan fingerprint density at radius 1 is 0.940 bits per heavy atom. The zero-order valence-electron chi connectivity index (χ0n) is 28.7. The van der Waals surface area contributed by atoms with Gasteiger partial charge in [0.15, 0.2) is 11.1 Å². The van der Waals surface area contributed by atoms with Crippen molar-refractivity contribution >= 4 is 29.8 Å². The van der Waals surface area contributed by atoms with Crippen LogP contribution in [0.15, 0.2) is 65.7 Å². The number of aliphatic imine (C=N–C) groups is 1. The Labute approximate surface area is 290 Å². The molecule has 50 heavy (non-hydrogen) atoms. The van der Waals surface area contributed by atoms with E-state index in [1.165, 1.54) is 6.92 Å². The van der Waals surface area contributed by atoms with Crippen LogP contribution < -0.4 is 32.4 Å². The fraction of sp³-hybridized carbons (Fsp3) is 0.485. The van der Waals surface area contributed by atoms with Gasteiger partial charge in [0, 0.05) is 13.1 Å². The number of hydrogen-bond acceptors (Lipinski definition) is 10. The number of aliphatic hydroxyl groups excluding tert-OH is 1. The average Bonchev–Trinajstić information content (AvgIpc) is 3.04. The maximum absolute atomic E-state index is 13.3. The number of hydrazine groups is 1. The SMILES string of the molecule is C[C@H](NC(=O)[C@@H](COCc1ccccc1)NC(=O)OC(C)(C)C)C(=O)N[C@@H](CCCN=C(N)N[N+](=O)[O-])C(O)C(=O)NCCc1ccccc1. The Hall–Kier alpha value is -5.29. The minimum Gasteiger partial charge on any atom is -0.444 e. The van der Waals surface area contributed by atoms with Crippen LogP contribution >= 0.6 is 0 Å². The smallest absolute Gasteiger partial charge is 0.408 e. The molecule has 17 heteroatoms. The molecule has 0 heterocycles. The lowest BCUT2D eigenvalue weighted by atomic mass is 10.0. The molecule has 17 nitrogen and oxygen atoms in total. The molecular weight excluding hydrogens is 652 g/mol. The Morgan fingerprint density at radius 2 is 1.56 bits per heavy atom. The van der Waals surface area contributed by atoms with E-state index in [-0.39, 0.29) is 39.1 Å². The van der Waals surface area contributed by atoms with Crippen molar-refractivity contribution in [2.45, 2.75) is 83.4 Å². The number of nitrogens with one attached hydrogen (secondary N) is 5. The second-order valence-corrected chi connectivity index (χ2v) is 12.3. The lowest BCUT2D eigenvalue weighted by Crippen LogP contribution is -2.57. The van der Waals surface area contributed by atoms with Crippen molar-refractivity contribution in [3.05, 3.63) is 81.9 Å². The summed E-state index contributed by atoms with van der Waals surface area (Å²) in [5, 5.41) is 30.9. The lowest BCUT2D eigenvalue weighted by molar-refractivity contribution is -0.525. The molecular formula is C33H48N8O9. The quantitative estimate of drug-likeness (QED) is 0.0353. The van der Waals surface area contributed by atoms with E-state index >= 15 is 0 Å². The number of nitro groups is 1. The van der Waals surface area contributed by atoms with Gasteiger partial charge in [-0.1, -0.05) is 66.1 Å². The highest BCUT2D eigenvalue weighted by Gasteiger charge is 2.31. The predicted molar refractivity (Wildman–Crippen MR) is 184 cm³/mol. The van der Waals surface area contributed by atoms with Crippen molar-refractivity contribution in [3.8, 4) is 0 Å². The number of guanidine groups is 1. The largest absolute Gasteiger partial charge is 0.444 e. The highest BCUT2D eigenvalue weighted by atomic mass is 16.7. The van der Waals surface area contributed by atoms with Crippen LogP contribution in [0.4, 0.5) is 4.79 Å². The first kappa shape index (κ1) is 40.9. The van der Waals surface area contributed by atoms with Crippen molar-refractivity contribution in [2.24, 2.45) is 10.7 Å². The minimum atomic E-state index is -1.69. The number of hydrogen-bond donors (Lipinski definition) is 7. The topological polar surface area (TPSA) is 249 Å². The third kappa shape index (κ3) is 16.7. The van der Waals surface area contributed by atoms with Crippen molar-refractivity contribution in [1.29, 1.82) is 0 Å². The van der Waals surface area contributed by atoms with E-state index in [4.69, 9.17) is 15.2 Å². The van der Waals surface area contributed by atoms with E-state index in [9.17, 15) is 34.4 Å². The van der Waals surface area contributed by atoms with Crippen LogP contribution in [-0.2, 0) is 36.9 Å². The summed E-state index contributed by atoms with van der Waals surface area (Å²) in [6, 6.07) is 15.0. The summed E-state index contributed by atoms with van der Waals surface area (Å²) < 4.78 is 11.0. The van der Waals surface area contributed by atoms with E-state index < -0.39 is 64.6 Å². The standard InChI is InChI=1S/C33H48N8O9/c1-22(37-29(44)26(39-32(46)50-33(2,3)4)21-49-20-24-14-9-6-10-15-24)28(43)38-25(16-11-18-36-31(34)40-41(47)48)27(42)30(45)35-19-17-23-12-7-5-8-13-23/h5-10,12-15,22,25-27,42H,11,16-21H2,1-4H3,(H,35,45)(H,37,44)(H,38,43)(H,39,46)(H3,34,36,40)/t22-,25-,26+,27?/m0/s1. The monoisotopic (exact) mass is 700 g/mol. The van der Waals surface area contributed by atoms with E-state index in [2.05, 4.69) is 26.3 Å². The van der Waals surface area contributed by atoms with Crippen molar-refractivity contribution in [3.63, 3.8) is 0 Å². The molecule has 1 unspecified atom stereocenters. The van der Waals surface area contributed by atoms with Crippen molar-refractivity contribution in [2.75, 3.05) is 19.7 Å². The zero-order chi connectivity index (χ0) is 37.1. The van der Waals surface area contributed by atoms with Crippen LogP contribution in [0.5, 0.6) is 0 Å².